The molecule has 0 spiro atoms. The summed E-state index contributed by atoms with van der Waals surface area (Å²) in [5.74, 6) is 1.61. The number of hydrogen-bond acceptors (Lipinski definition) is 3. The minimum absolute atomic E-state index is 0.0928. The van der Waals surface area contributed by atoms with Crippen molar-refractivity contribution in [3.8, 4) is 0 Å². The Labute approximate surface area is 89.9 Å². The summed E-state index contributed by atoms with van der Waals surface area (Å²) in [6.45, 7) is 5.96. The topological polar surface area (TPSA) is 37.8 Å². The van der Waals surface area contributed by atoms with Crippen molar-refractivity contribution >= 4 is 17.4 Å². The highest BCUT2D eigenvalue weighted by Crippen LogP contribution is 2.12. The zero-order valence-corrected chi connectivity index (χ0v) is 9.54. The molecule has 0 aromatic carbocycles. The molecule has 0 amide bonds. The van der Waals surface area contributed by atoms with Crippen molar-refractivity contribution in [2.24, 2.45) is 0 Å². The molecule has 0 aliphatic carbocycles. The number of nitrogens with zero attached hydrogens (tertiary/aromatic N) is 2. The quantitative estimate of drug-likeness (QED) is 0.782. The summed E-state index contributed by atoms with van der Waals surface area (Å²) in [4.78, 5) is 8.30. The van der Waals surface area contributed by atoms with Crippen molar-refractivity contribution in [3.05, 3.63) is 18.1 Å². The van der Waals surface area contributed by atoms with Crippen LogP contribution in [0.3, 0.4) is 0 Å². The zero-order valence-electron chi connectivity index (χ0n) is 8.79. The van der Waals surface area contributed by atoms with E-state index in [0.717, 1.165) is 18.1 Å². The number of aromatic nitrogens is 2. The fraction of sp³-hybridized carbons (Fsp3) is 0.600. The second-order valence-electron chi connectivity index (χ2n) is 3.33. The van der Waals surface area contributed by atoms with Gasteiger partial charge < -0.3 is 5.32 Å². The van der Waals surface area contributed by atoms with E-state index >= 15 is 0 Å². The standard InChI is InChI=1S/C10H16ClN3/c1-4-9(7(2)11)14-10-5-6-12-8(3)13-10/h5-7,9H,4H2,1-3H3,(H,12,13,14). The normalized spacial score (nSPS) is 14.9. The third-order valence-electron chi connectivity index (χ3n) is 2.10. The molecule has 14 heavy (non-hydrogen) atoms. The van der Waals surface area contributed by atoms with Gasteiger partial charge in [0.1, 0.15) is 11.6 Å². The van der Waals surface area contributed by atoms with Crippen LogP contribution in [0.4, 0.5) is 5.82 Å². The number of nitrogens with one attached hydrogen (secondary N) is 1. The molecular formula is C10H16ClN3. The zero-order chi connectivity index (χ0) is 10.6. The predicted molar refractivity (Wildman–Crippen MR) is 59.8 cm³/mol. The third-order valence-corrected chi connectivity index (χ3v) is 2.41. The molecule has 0 aliphatic heterocycles. The van der Waals surface area contributed by atoms with E-state index in [1.807, 2.05) is 19.9 Å². The molecule has 2 atom stereocenters. The summed E-state index contributed by atoms with van der Waals surface area (Å²) < 4.78 is 0. The van der Waals surface area contributed by atoms with Crippen molar-refractivity contribution in [1.29, 1.82) is 0 Å². The van der Waals surface area contributed by atoms with Crippen LogP contribution in [0.15, 0.2) is 12.3 Å². The second-order valence-corrected chi connectivity index (χ2v) is 4.01. The molecule has 2 unspecified atom stereocenters. The van der Waals surface area contributed by atoms with E-state index in [1.165, 1.54) is 0 Å². The van der Waals surface area contributed by atoms with Crippen molar-refractivity contribution in [1.82, 2.24) is 9.97 Å². The van der Waals surface area contributed by atoms with Crippen LogP contribution in [0, 0.1) is 6.92 Å². The first-order valence-electron chi connectivity index (χ1n) is 4.83. The van der Waals surface area contributed by atoms with Crippen molar-refractivity contribution < 1.29 is 0 Å². The molecule has 78 valence electrons. The van der Waals surface area contributed by atoms with Crippen LogP contribution >= 0.6 is 11.6 Å². The van der Waals surface area contributed by atoms with E-state index < -0.39 is 0 Å². The third kappa shape index (κ3) is 3.14. The Morgan fingerprint density at radius 2 is 2.29 bits per heavy atom. The first-order chi connectivity index (χ1) is 6.63. The fourth-order valence-electron chi connectivity index (χ4n) is 1.27. The van der Waals surface area contributed by atoms with Gasteiger partial charge in [0, 0.05) is 12.2 Å². The number of rotatable bonds is 4. The van der Waals surface area contributed by atoms with Gasteiger partial charge in [-0.1, -0.05) is 6.92 Å². The van der Waals surface area contributed by atoms with Crippen LogP contribution in [0.5, 0.6) is 0 Å². The largest absolute Gasteiger partial charge is 0.366 e. The Hall–Kier alpha value is -0.830. The molecule has 1 heterocycles. The molecule has 0 saturated carbocycles. The van der Waals surface area contributed by atoms with Crippen molar-refractivity contribution in [2.75, 3.05) is 5.32 Å². The molecule has 0 radical (unpaired) electrons. The SMILES string of the molecule is CCC(Nc1ccnc(C)n1)C(C)Cl. The van der Waals surface area contributed by atoms with Gasteiger partial charge in [0.25, 0.3) is 0 Å². The lowest BCUT2D eigenvalue weighted by atomic mass is 10.1. The summed E-state index contributed by atoms with van der Waals surface area (Å²) in [5, 5.41) is 3.38. The fourth-order valence-corrected chi connectivity index (χ4v) is 1.51. The maximum atomic E-state index is 6.03. The van der Waals surface area contributed by atoms with Gasteiger partial charge in [0.15, 0.2) is 0 Å². The molecule has 1 N–H and O–H groups in total. The van der Waals surface area contributed by atoms with E-state index in [4.69, 9.17) is 11.6 Å². The molecule has 0 fully saturated rings. The second kappa shape index (κ2) is 5.15. The predicted octanol–water partition coefficient (Wildman–Crippen LogP) is 2.60. The molecule has 1 rings (SSSR count). The number of alkyl halides is 1. The maximum Gasteiger partial charge on any atom is 0.129 e. The monoisotopic (exact) mass is 213 g/mol. The first-order valence-corrected chi connectivity index (χ1v) is 5.27. The van der Waals surface area contributed by atoms with Gasteiger partial charge in [-0.25, -0.2) is 9.97 Å². The highest BCUT2D eigenvalue weighted by Gasteiger charge is 2.12. The highest BCUT2D eigenvalue weighted by molar-refractivity contribution is 6.21. The van der Waals surface area contributed by atoms with Crippen LogP contribution in [-0.4, -0.2) is 21.4 Å². The van der Waals surface area contributed by atoms with Gasteiger partial charge >= 0.3 is 0 Å². The number of halogens is 1. The van der Waals surface area contributed by atoms with E-state index in [9.17, 15) is 0 Å². The molecule has 1 aromatic heterocycles. The van der Waals surface area contributed by atoms with Crippen LogP contribution < -0.4 is 5.32 Å². The van der Waals surface area contributed by atoms with E-state index in [0.29, 0.717) is 0 Å². The van der Waals surface area contributed by atoms with Gasteiger partial charge in [-0.05, 0) is 26.3 Å². The Morgan fingerprint density at radius 3 is 2.79 bits per heavy atom. The lowest BCUT2D eigenvalue weighted by Crippen LogP contribution is -2.27. The van der Waals surface area contributed by atoms with Gasteiger partial charge in [0.2, 0.25) is 0 Å². The Kier molecular flexibility index (Phi) is 4.14. The van der Waals surface area contributed by atoms with Gasteiger partial charge in [-0.15, -0.1) is 11.6 Å². The summed E-state index contributed by atoms with van der Waals surface area (Å²) in [6, 6.07) is 2.11. The molecule has 1 aromatic rings. The van der Waals surface area contributed by atoms with Gasteiger partial charge in [-0.2, -0.15) is 0 Å². The van der Waals surface area contributed by atoms with Gasteiger partial charge in [0.05, 0.1) is 5.38 Å². The van der Waals surface area contributed by atoms with Crippen LogP contribution in [0.1, 0.15) is 26.1 Å². The minimum atomic E-state index is 0.0928. The Morgan fingerprint density at radius 1 is 1.57 bits per heavy atom. The molecular weight excluding hydrogens is 198 g/mol. The summed E-state index contributed by atoms with van der Waals surface area (Å²) in [7, 11) is 0. The summed E-state index contributed by atoms with van der Waals surface area (Å²) in [5.41, 5.74) is 0. The maximum absolute atomic E-state index is 6.03. The smallest absolute Gasteiger partial charge is 0.129 e. The van der Waals surface area contributed by atoms with Crippen molar-refractivity contribution in [2.45, 2.75) is 38.6 Å². The minimum Gasteiger partial charge on any atom is -0.366 e. The summed E-state index contributed by atoms with van der Waals surface area (Å²) in [6.07, 6.45) is 2.73. The Balaban J connectivity index is 2.67. The van der Waals surface area contributed by atoms with Crippen LogP contribution in [0.25, 0.3) is 0 Å². The molecule has 3 nitrogen and oxygen atoms in total. The average Bonchev–Trinajstić information content (AvgIpc) is 2.14. The molecule has 4 heteroatoms. The highest BCUT2D eigenvalue weighted by atomic mass is 35.5. The van der Waals surface area contributed by atoms with E-state index in [2.05, 4.69) is 22.2 Å². The summed E-state index contributed by atoms with van der Waals surface area (Å²) >= 11 is 6.03. The molecule has 0 bridgehead atoms. The van der Waals surface area contributed by atoms with E-state index in [-0.39, 0.29) is 11.4 Å². The average molecular weight is 214 g/mol. The lowest BCUT2D eigenvalue weighted by Gasteiger charge is -2.19. The molecule has 0 aliphatic rings. The van der Waals surface area contributed by atoms with Crippen LogP contribution in [-0.2, 0) is 0 Å². The first kappa shape index (κ1) is 11.2. The van der Waals surface area contributed by atoms with Crippen molar-refractivity contribution in [3.63, 3.8) is 0 Å². The van der Waals surface area contributed by atoms with Crippen LogP contribution in [0.2, 0.25) is 0 Å². The Bertz CT molecular complexity index is 288. The number of anilines is 1. The number of aryl methyl sites for hydroxylation is 1. The number of hydrogen-bond donors (Lipinski definition) is 1. The lowest BCUT2D eigenvalue weighted by molar-refractivity contribution is 0.674. The van der Waals surface area contributed by atoms with E-state index in [1.54, 1.807) is 6.20 Å². The van der Waals surface area contributed by atoms with Gasteiger partial charge in [-0.3, -0.25) is 0 Å². The molecule has 0 saturated heterocycles.